The maximum atomic E-state index is 13.2. The fourth-order valence-corrected chi connectivity index (χ4v) is 3.24. The van der Waals surface area contributed by atoms with Gasteiger partial charge in [0.05, 0.1) is 6.42 Å². The van der Waals surface area contributed by atoms with Crippen molar-refractivity contribution in [2.75, 3.05) is 0 Å². The molecule has 0 amide bonds. The third-order valence-corrected chi connectivity index (χ3v) is 4.37. The van der Waals surface area contributed by atoms with Crippen LogP contribution in [-0.4, -0.2) is 11.1 Å². The zero-order chi connectivity index (χ0) is 14.6. The predicted molar refractivity (Wildman–Crippen MR) is 72.4 cm³/mol. The van der Waals surface area contributed by atoms with E-state index in [0.29, 0.717) is 6.42 Å². The van der Waals surface area contributed by atoms with E-state index in [-0.39, 0.29) is 11.8 Å². The van der Waals surface area contributed by atoms with Gasteiger partial charge in [0.1, 0.15) is 0 Å². The molecule has 1 aromatic carbocycles. The monoisotopic (exact) mass is 282 g/mol. The van der Waals surface area contributed by atoms with Crippen LogP contribution < -0.4 is 0 Å². The van der Waals surface area contributed by atoms with Gasteiger partial charge in [0.2, 0.25) is 0 Å². The Morgan fingerprint density at radius 2 is 1.85 bits per heavy atom. The molecule has 20 heavy (non-hydrogen) atoms. The number of hydrogen-bond acceptors (Lipinski definition) is 1. The highest BCUT2D eigenvalue weighted by Gasteiger charge is 2.33. The Morgan fingerprint density at radius 3 is 2.45 bits per heavy atom. The Bertz CT molecular complexity index is 479. The lowest BCUT2D eigenvalue weighted by Crippen LogP contribution is -2.28. The van der Waals surface area contributed by atoms with Crippen LogP contribution in [0.3, 0.4) is 0 Å². The first kappa shape index (κ1) is 14.9. The van der Waals surface area contributed by atoms with Crippen LogP contribution in [0.2, 0.25) is 0 Å². The first-order valence-corrected chi connectivity index (χ1v) is 7.17. The smallest absolute Gasteiger partial charge is 0.303 e. The molecule has 1 saturated carbocycles. The Morgan fingerprint density at radius 1 is 1.15 bits per heavy atom. The fraction of sp³-hybridized carbons (Fsp3) is 0.562. The van der Waals surface area contributed by atoms with Crippen LogP contribution in [0.25, 0.3) is 0 Å². The first-order valence-electron chi connectivity index (χ1n) is 7.17. The Kier molecular flexibility index (Phi) is 4.73. The summed E-state index contributed by atoms with van der Waals surface area (Å²) in [6.07, 6.45) is 6.63. The molecule has 4 heteroatoms. The zero-order valence-electron chi connectivity index (χ0n) is 11.5. The van der Waals surface area contributed by atoms with E-state index >= 15 is 0 Å². The van der Waals surface area contributed by atoms with Gasteiger partial charge in [-0.2, -0.15) is 0 Å². The van der Waals surface area contributed by atoms with Gasteiger partial charge in [-0.15, -0.1) is 0 Å². The molecule has 2 rings (SSSR count). The SMILES string of the molecule is O=C(O)CC1(CCc2ccc(F)c(F)c2)CCCCC1. The number of rotatable bonds is 5. The molecule has 0 heterocycles. The second-order valence-corrected chi connectivity index (χ2v) is 5.88. The van der Waals surface area contributed by atoms with Crippen LogP contribution in [-0.2, 0) is 11.2 Å². The molecule has 1 N–H and O–H groups in total. The number of benzene rings is 1. The van der Waals surface area contributed by atoms with Gasteiger partial charge in [-0.05, 0) is 48.8 Å². The van der Waals surface area contributed by atoms with Crippen molar-refractivity contribution < 1.29 is 18.7 Å². The summed E-state index contributed by atoms with van der Waals surface area (Å²) < 4.78 is 26.1. The van der Waals surface area contributed by atoms with Gasteiger partial charge < -0.3 is 5.11 Å². The minimum absolute atomic E-state index is 0.172. The molecule has 0 atom stereocenters. The first-order chi connectivity index (χ1) is 9.51. The minimum atomic E-state index is -0.841. The van der Waals surface area contributed by atoms with Gasteiger partial charge in [0.25, 0.3) is 0 Å². The van der Waals surface area contributed by atoms with Crippen molar-refractivity contribution in [3.8, 4) is 0 Å². The van der Waals surface area contributed by atoms with E-state index in [2.05, 4.69) is 0 Å². The molecule has 1 aliphatic rings. The molecule has 110 valence electrons. The third kappa shape index (κ3) is 3.78. The average Bonchev–Trinajstić information content (AvgIpc) is 2.40. The number of carbonyl (C=O) groups is 1. The van der Waals surface area contributed by atoms with Crippen molar-refractivity contribution in [1.82, 2.24) is 0 Å². The Hall–Kier alpha value is -1.45. The average molecular weight is 282 g/mol. The van der Waals surface area contributed by atoms with Crippen molar-refractivity contribution in [1.29, 1.82) is 0 Å². The zero-order valence-corrected chi connectivity index (χ0v) is 11.5. The molecule has 2 nitrogen and oxygen atoms in total. The van der Waals surface area contributed by atoms with E-state index in [1.54, 1.807) is 6.07 Å². The molecule has 1 aliphatic carbocycles. The molecule has 0 unspecified atom stereocenters. The number of aliphatic carboxylic acids is 1. The second-order valence-electron chi connectivity index (χ2n) is 5.88. The number of carboxylic acids is 1. The summed E-state index contributed by atoms with van der Waals surface area (Å²) in [5.41, 5.74) is 0.564. The summed E-state index contributed by atoms with van der Waals surface area (Å²) in [6.45, 7) is 0. The lowest BCUT2D eigenvalue weighted by atomic mass is 9.68. The van der Waals surface area contributed by atoms with Crippen LogP contribution in [0, 0.1) is 17.0 Å². The number of carboxylic acid groups (broad SMARTS) is 1. The lowest BCUT2D eigenvalue weighted by molar-refractivity contribution is -0.140. The molecule has 0 spiro atoms. The van der Waals surface area contributed by atoms with Crippen LogP contribution in [0.4, 0.5) is 8.78 Å². The molecule has 0 saturated heterocycles. The third-order valence-electron chi connectivity index (χ3n) is 4.37. The lowest BCUT2D eigenvalue weighted by Gasteiger charge is -2.36. The molecular weight excluding hydrogens is 262 g/mol. The van der Waals surface area contributed by atoms with Crippen molar-refractivity contribution in [2.24, 2.45) is 5.41 Å². The topological polar surface area (TPSA) is 37.3 Å². The summed E-state index contributed by atoms with van der Waals surface area (Å²) in [4.78, 5) is 11.1. The summed E-state index contributed by atoms with van der Waals surface area (Å²) in [6, 6.07) is 3.93. The van der Waals surface area contributed by atoms with E-state index in [4.69, 9.17) is 5.11 Å². The normalized spacial score (nSPS) is 17.9. The maximum absolute atomic E-state index is 13.2. The van der Waals surface area contributed by atoms with E-state index in [0.717, 1.165) is 50.2 Å². The molecule has 0 bridgehead atoms. The summed E-state index contributed by atoms with van der Waals surface area (Å²) in [5.74, 6) is -2.44. The summed E-state index contributed by atoms with van der Waals surface area (Å²) in [7, 11) is 0. The largest absolute Gasteiger partial charge is 0.481 e. The molecular formula is C16H20F2O2. The second kappa shape index (κ2) is 6.33. The number of aryl methyl sites for hydroxylation is 1. The van der Waals surface area contributed by atoms with E-state index in [9.17, 15) is 13.6 Å². The number of halogens is 2. The molecule has 1 aromatic rings. The summed E-state index contributed by atoms with van der Waals surface area (Å²) >= 11 is 0. The van der Waals surface area contributed by atoms with Gasteiger partial charge in [0, 0.05) is 0 Å². The number of hydrogen-bond donors (Lipinski definition) is 1. The highest BCUT2D eigenvalue weighted by atomic mass is 19.2. The Labute approximate surface area is 117 Å². The Balaban J connectivity index is 2.04. The van der Waals surface area contributed by atoms with Gasteiger partial charge >= 0.3 is 5.97 Å². The van der Waals surface area contributed by atoms with Crippen LogP contribution in [0.15, 0.2) is 18.2 Å². The fourth-order valence-electron chi connectivity index (χ4n) is 3.24. The highest BCUT2D eigenvalue weighted by Crippen LogP contribution is 2.43. The maximum Gasteiger partial charge on any atom is 0.303 e. The van der Waals surface area contributed by atoms with Crippen LogP contribution in [0.5, 0.6) is 0 Å². The predicted octanol–water partition coefficient (Wildman–Crippen LogP) is 4.32. The molecule has 0 aliphatic heterocycles. The van der Waals surface area contributed by atoms with Crippen molar-refractivity contribution in [2.45, 2.75) is 51.4 Å². The standard InChI is InChI=1S/C16H20F2O2/c17-13-5-4-12(10-14(13)18)6-9-16(11-15(19)20)7-2-1-3-8-16/h4-5,10H,1-3,6-9,11H2,(H,19,20). The van der Waals surface area contributed by atoms with Crippen LogP contribution in [0.1, 0.15) is 50.5 Å². The quantitative estimate of drug-likeness (QED) is 0.873. The molecule has 0 radical (unpaired) electrons. The van der Waals surface area contributed by atoms with Gasteiger partial charge in [-0.25, -0.2) is 8.78 Å². The van der Waals surface area contributed by atoms with E-state index in [1.165, 1.54) is 6.07 Å². The van der Waals surface area contributed by atoms with Gasteiger partial charge in [0.15, 0.2) is 11.6 Å². The van der Waals surface area contributed by atoms with Gasteiger partial charge in [-0.1, -0.05) is 25.3 Å². The van der Waals surface area contributed by atoms with Crippen molar-refractivity contribution in [3.05, 3.63) is 35.4 Å². The molecule has 0 aromatic heterocycles. The summed E-state index contributed by atoms with van der Waals surface area (Å²) in [5, 5.41) is 9.10. The van der Waals surface area contributed by atoms with Crippen molar-refractivity contribution in [3.63, 3.8) is 0 Å². The van der Waals surface area contributed by atoms with E-state index in [1.807, 2.05) is 0 Å². The van der Waals surface area contributed by atoms with Gasteiger partial charge in [-0.3, -0.25) is 4.79 Å². The minimum Gasteiger partial charge on any atom is -0.481 e. The highest BCUT2D eigenvalue weighted by molar-refractivity contribution is 5.67. The molecule has 1 fully saturated rings. The van der Waals surface area contributed by atoms with E-state index < -0.39 is 17.6 Å². The van der Waals surface area contributed by atoms with Crippen molar-refractivity contribution >= 4 is 5.97 Å². The van der Waals surface area contributed by atoms with Crippen LogP contribution >= 0.6 is 0 Å².